The van der Waals surface area contributed by atoms with Gasteiger partial charge in [-0.05, 0) is 25.3 Å². The first-order valence-electron chi connectivity index (χ1n) is 6.98. The zero-order valence-corrected chi connectivity index (χ0v) is 12.9. The van der Waals surface area contributed by atoms with Crippen LogP contribution in [-0.2, 0) is 10.0 Å². The second kappa shape index (κ2) is 4.98. The lowest BCUT2D eigenvalue weighted by Crippen LogP contribution is -2.54. The van der Waals surface area contributed by atoms with E-state index in [4.69, 9.17) is 5.73 Å². The number of hydrogen-bond donors (Lipinski definition) is 2. The number of fused-ring (bicyclic) bond motifs is 1. The van der Waals surface area contributed by atoms with E-state index in [0.29, 0.717) is 29.4 Å². The zero-order valence-electron chi connectivity index (χ0n) is 11.3. The molecule has 112 valence electrons. The van der Waals surface area contributed by atoms with Crippen LogP contribution in [0.5, 0.6) is 0 Å². The fourth-order valence-corrected chi connectivity index (χ4v) is 6.07. The van der Waals surface area contributed by atoms with Crippen molar-refractivity contribution in [3.05, 3.63) is 11.4 Å². The molecule has 1 aromatic heterocycles. The van der Waals surface area contributed by atoms with Crippen molar-refractivity contribution in [1.29, 1.82) is 0 Å². The summed E-state index contributed by atoms with van der Waals surface area (Å²) in [4.78, 5) is 0. The van der Waals surface area contributed by atoms with Crippen LogP contribution >= 0.6 is 11.3 Å². The minimum Gasteiger partial charge on any atom is -0.398 e. The topological polar surface area (TPSA) is 83.6 Å². The van der Waals surface area contributed by atoms with Gasteiger partial charge in [-0.2, -0.15) is 4.31 Å². The normalized spacial score (nSPS) is 31.9. The molecule has 0 aromatic carbocycles. The van der Waals surface area contributed by atoms with Gasteiger partial charge in [-0.3, -0.25) is 0 Å². The Kier molecular flexibility index (Phi) is 3.56. The van der Waals surface area contributed by atoms with Gasteiger partial charge in [0.25, 0.3) is 10.0 Å². The van der Waals surface area contributed by atoms with Crippen LogP contribution in [0.25, 0.3) is 0 Å². The van der Waals surface area contributed by atoms with Gasteiger partial charge in [-0.25, -0.2) is 8.42 Å². The van der Waals surface area contributed by atoms with Gasteiger partial charge in [0.05, 0.1) is 5.60 Å². The Bertz CT molecular complexity index is 599. The SMILES string of the molecule is Nc1csc(S(=O)(=O)N2CCC3(O)CCCCC3C2)c1. The summed E-state index contributed by atoms with van der Waals surface area (Å²) in [5.41, 5.74) is 5.45. The summed E-state index contributed by atoms with van der Waals surface area (Å²) in [7, 11) is -3.46. The fraction of sp³-hybridized carbons (Fsp3) is 0.692. The van der Waals surface area contributed by atoms with Crippen LogP contribution in [0, 0.1) is 5.92 Å². The van der Waals surface area contributed by atoms with Crippen LogP contribution in [0.1, 0.15) is 32.1 Å². The van der Waals surface area contributed by atoms with Gasteiger partial charge in [-0.1, -0.05) is 12.8 Å². The summed E-state index contributed by atoms with van der Waals surface area (Å²) < 4.78 is 27.0. The van der Waals surface area contributed by atoms with Crippen LogP contribution < -0.4 is 5.73 Å². The minimum atomic E-state index is -3.46. The van der Waals surface area contributed by atoms with Crippen molar-refractivity contribution < 1.29 is 13.5 Å². The number of hydrogen-bond acceptors (Lipinski definition) is 5. The molecule has 5 nitrogen and oxygen atoms in total. The first-order valence-corrected chi connectivity index (χ1v) is 9.30. The maximum absolute atomic E-state index is 12.6. The lowest BCUT2D eigenvalue weighted by atomic mass is 9.72. The maximum Gasteiger partial charge on any atom is 0.252 e. The van der Waals surface area contributed by atoms with Gasteiger partial charge in [0, 0.05) is 30.1 Å². The predicted octanol–water partition coefficient (Wildman–Crippen LogP) is 1.65. The Hall–Kier alpha value is -0.630. The van der Waals surface area contributed by atoms with E-state index >= 15 is 0 Å². The van der Waals surface area contributed by atoms with Crippen molar-refractivity contribution in [1.82, 2.24) is 4.31 Å². The molecule has 1 aliphatic heterocycles. The molecule has 1 aliphatic carbocycles. The molecule has 2 fully saturated rings. The molecular formula is C13H20N2O3S2. The van der Waals surface area contributed by atoms with E-state index in [1.54, 1.807) is 5.38 Å². The number of nitrogens with two attached hydrogens (primary N) is 1. The first-order chi connectivity index (χ1) is 9.42. The highest BCUT2D eigenvalue weighted by atomic mass is 32.2. The molecule has 7 heteroatoms. The van der Waals surface area contributed by atoms with E-state index in [1.165, 1.54) is 10.4 Å². The molecular weight excluding hydrogens is 296 g/mol. The molecule has 2 atom stereocenters. The Balaban J connectivity index is 1.82. The summed E-state index contributed by atoms with van der Waals surface area (Å²) in [6.45, 7) is 0.823. The fourth-order valence-electron chi connectivity index (χ4n) is 3.35. The number of nitrogen functional groups attached to an aromatic ring is 1. The smallest absolute Gasteiger partial charge is 0.252 e. The van der Waals surface area contributed by atoms with Gasteiger partial charge in [-0.15, -0.1) is 11.3 Å². The molecule has 2 heterocycles. The van der Waals surface area contributed by atoms with E-state index in [2.05, 4.69) is 0 Å². The number of rotatable bonds is 2. The molecule has 1 saturated heterocycles. The second-order valence-corrected chi connectivity index (χ2v) is 8.93. The van der Waals surface area contributed by atoms with E-state index in [0.717, 1.165) is 37.0 Å². The van der Waals surface area contributed by atoms with Crippen molar-refractivity contribution in [2.75, 3.05) is 18.8 Å². The molecule has 1 aromatic rings. The van der Waals surface area contributed by atoms with Gasteiger partial charge >= 0.3 is 0 Å². The summed E-state index contributed by atoms with van der Waals surface area (Å²) in [6, 6.07) is 1.52. The monoisotopic (exact) mass is 316 g/mol. The number of aliphatic hydroxyl groups is 1. The highest BCUT2D eigenvalue weighted by Crippen LogP contribution is 2.41. The van der Waals surface area contributed by atoms with Crippen molar-refractivity contribution in [3.8, 4) is 0 Å². The Morgan fingerprint density at radius 1 is 1.40 bits per heavy atom. The number of thiophene rings is 1. The molecule has 0 bridgehead atoms. The lowest BCUT2D eigenvalue weighted by molar-refractivity contribution is -0.0816. The van der Waals surface area contributed by atoms with Crippen molar-refractivity contribution >= 4 is 27.0 Å². The number of sulfonamides is 1. The molecule has 0 spiro atoms. The lowest BCUT2D eigenvalue weighted by Gasteiger charge is -2.46. The van der Waals surface area contributed by atoms with Gasteiger partial charge in [0.2, 0.25) is 0 Å². The molecule has 1 saturated carbocycles. The number of nitrogens with zero attached hydrogens (tertiary/aromatic N) is 1. The van der Waals surface area contributed by atoms with E-state index in [9.17, 15) is 13.5 Å². The summed E-state index contributed by atoms with van der Waals surface area (Å²) in [6.07, 6.45) is 4.37. The van der Waals surface area contributed by atoms with Gasteiger partial charge in [0.1, 0.15) is 4.21 Å². The van der Waals surface area contributed by atoms with E-state index in [1.807, 2.05) is 0 Å². The molecule has 3 rings (SSSR count). The van der Waals surface area contributed by atoms with Crippen LogP contribution in [0.3, 0.4) is 0 Å². The van der Waals surface area contributed by atoms with Gasteiger partial charge in [0.15, 0.2) is 0 Å². The summed E-state index contributed by atoms with van der Waals surface area (Å²) in [5.74, 6) is 0.0667. The van der Waals surface area contributed by atoms with Crippen molar-refractivity contribution in [2.45, 2.75) is 41.9 Å². The molecule has 3 N–H and O–H groups in total. The summed E-state index contributed by atoms with van der Waals surface area (Å²) in [5, 5.41) is 12.3. The molecule has 0 radical (unpaired) electrons. The second-order valence-electron chi connectivity index (χ2n) is 5.86. The van der Waals surface area contributed by atoms with Crippen molar-refractivity contribution in [2.24, 2.45) is 5.92 Å². The van der Waals surface area contributed by atoms with Crippen LogP contribution in [-0.4, -0.2) is 36.5 Å². The van der Waals surface area contributed by atoms with E-state index in [-0.39, 0.29) is 5.92 Å². The molecule has 20 heavy (non-hydrogen) atoms. The quantitative estimate of drug-likeness (QED) is 0.869. The third-order valence-electron chi connectivity index (χ3n) is 4.58. The number of anilines is 1. The Labute approximate surface area is 123 Å². The Morgan fingerprint density at radius 2 is 2.20 bits per heavy atom. The maximum atomic E-state index is 12.6. The molecule has 2 aliphatic rings. The third-order valence-corrected chi connectivity index (χ3v) is 7.88. The van der Waals surface area contributed by atoms with E-state index < -0.39 is 15.6 Å². The van der Waals surface area contributed by atoms with Gasteiger partial charge < -0.3 is 10.8 Å². The highest BCUT2D eigenvalue weighted by Gasteiger charge is 2.45. The Morgan fingerprint density at radius 3 is 2.90 bits per heavy atom. The van der Waals surface area contributed by atoms with Crippen molar-refractivity contribution in [3.63, 3.8) is 0 Å². The summed E-state index contributed by atoms with van der Waals surface area (Å²) >= 11 is 1.16. The zero-order chi connectivity index (χ0) is 14.4. The predicted molar refractivity (Wildman–Crippen MR) is 79.0 cm³/mol. The third kappa shape index (κ3) is 2.36. The van der Waals surface area contributed by atoms with Crippen LogP contribution in [0.2, 0.25) is 0 Å². The molecule has 2 unspecified atom stereocenters. The average Bonchev–Trinajstić information content (AvgIpc) is 2.85. The minimum absolute atomic E-state index is 0.0667. The van der Waals surface area contributed by atoms with Crippen LogP contribution in [0.15, 0.2) is 15.7 Å². The average molecular weight is 316 g/mol. The standard InChI is InChI=1S/C13H20N2O3S2/c14-11-7-12(19-9-11)20(17,18)15-6-5-13(16)4-2-1-3-10(13)8-15/h7,9-10,16H,1-6,8,14H2. The largest absolute Gasteiger partial charge is 0.398 e. The van der Waals surface area contributed by atoms with Crippen LogP contribution in [0.4, 0.5) is 5.69 Å². The highest BCUT2D eigenvalue weighted by molar-refractivity contribution is 7.91. The molecule has 0 amide bonds. The number of piperidine rings is 1. The first kappa shape index (κ1) is 14.3.